The SMILES string of the molecule is CC(=O)N[C@@H](CS(=O)CC(=O)NCC#N)C(=O)O. The van der Waals surface area contributed by atoms with Crippen molar-refractivity contribution in [2.75, 3.05) is 18.1 Å². The summed E-state index contributed by atoms with van der Waals surface area (Å²) in [4.78, 5) is 32.5. The molecule has 2 atom stereocenters. The summed E-state index contributed by atoms with van der Waals surface area (Å²) < 4.78 is 11.5. The molecule has 0 saturated heterocycles. The molecule has 100 valence electrons. The number of nitrogens with zero attached hydrogens (tertiary/aromatic N) is 1. The molecule has 3 N–H and O–H groups in total. The van der Waals surface area contributed by atoms with E-state index >= 15 is 0 Å². The molecule has 0 heterocycles. The molecular weight excluding hydrogens is 262 g/mol. The first kappa shape index (κ1) is 16.1. The molecule has 0 bridgehead atoms. The summed E-state index contributed by atoms with van der Waals surface area (Å²) >= 11 is 0. The first-order valence-corrected chi connectivity index (χ1v) is 6.34. The molecule has 18 heavy (non-hydrogen) atoms. The van der Waals surface area contributed by atoms with E-state index < -0.39 is 40.4 Å². The van der Waals surface area contributed by atoms with Crippen LogP contribution in [0, 0.1) is 11.3 Å². The Morgan fingerprint density at radius 3 is 2.50 bits per heavy atom. The third-order valence-corrected chi connectivity index (χ3v) is 2.97. The molecule has 8 nitrogen and oxygen atoms in total. The third kappa shape index (κ3) is 7.34. The van der Waals surface area contributed by atoms with Gasteiger partial charge in [-0.15, -0.1) is 0 Å². The Morgan fingerprint density at radius 1 is 1.44 bits per heavy atom. The van der Waals surface area contributed by atoms with Gasteiger partial charge in [0.15, 0.2) is 0 Å². The zero-order valence-electron chi connectivity index (χ0n) is 9.63. The average Bonchev–Trinajstić information content (AvgIpc) is 2.24. The van der Waals surface area contributed by atoms with Gasteiger partial charge in [-0.05, 0) is 0 Å². The molecule has 1 unspecified atom stereocenters. The fourth-order valence-corrected chi connectivity index (χ4v) is 2.11. The molecule has 0 rings (SSSR count). The fourth-order valence-electron chi connectivity index (χ4n) is 1.00. The lowest BCUT2D eigenvalue weighted by atomic mass is 10.3. The number of carbonyl (C=O) groups excluding carboxylic acids is 2. The molecule has 0 aliphatic heterocycles. The van der Waals surface area contributed by atoms with E-state index in [1.165, 1.54) is 0 Å². The second-order valence-electron chi connectivity index (χ2n) is 3.28. The van der Waals surface area contributed by atoms with Gasteiger partial charge in [-0.25, -0.2) is 4.79 Å². The van der Waals surface area contributed by atoms with Gasteiger partial charge in [0.25, 0.3) is 0 Å². The van der Waals surface area contributed by atoms with Gasteiger partial charge in [-0.1, -0.05) is 0 Å². The summed E-state index contributed by atoms with van der Waals surface area (Å²) in [5.74, 6) is -3.27. The molecule has 9 heteroatoms. The predicted octanol–water partition coefficient (Wildman–Crippen LogP) is -2.04. The number of hydrogen-bond donors (Lipinski definition) is 3. The van der Waals surface area contributed by atoms with Crippen molar-refractivity contribution < 1.29 is 23.7 Å². The van der Waals surface area contributed by atoms with E-state index in [9.17, 15) is 18.6 Å². The van der Waals surface area contributed by atoms with Crippen LogP contribution in [0.2, 0.25) is 0 Å². The first-order valence-electron chi connectivity index (χ1n) is 4.85. The summed E-state index contributed by atoms with van der Waals surface area (Å²) in [6.45, 7) is 0.933. The van der Waals surface area contributed by atoms with Crippen molar-refractivity contribution in [1.29, 1.82) is 5.26 Å². The summed E-state index contributed by atoms with van der Waals surface area (Å²) in [5.41, 5.74) is 0. The minimum atomic E-state index is -1.74. The van der Waals surface area contributed by atoms with Gasteiger partial charge in [-0.3, -0.25) is 13.8 Å². The maximum Gasteiger partial charge on any atom is 0.327 e. The number of nitriles is 1. The standard InChI is InChI=1S/C9H13N3O5S/c1-6(13)12-7(9(15)16)4-18(17)5-8(14)11-3-2-10/h7H,3-5H2,1H3,(H,11,14)(H,12,13)(H,15,16)/t7-,18?/m0/s1. The highest BCUT2D eigenvalue weighted by molar-refractivity contribution is 7.85. The normalized spacial score (nSPS) is 12.9. The van der Waals surface area contributed by atoms with E-state index in [4.69, 9.17) is 10.4 Å². The number of carbonyl (C=O) groups is 3. The average molecular weight is 275 g/mol. The largest absolute Gasteiger partial charge is 0.480 e. The van der Waals surface area contributed by atoms with Crippen LogP contribution in [0.5, 0.6) is 0 Å². The van der Waals surface area contributed by atoms with Crippen LogP contribution in [0.4, 0.5) is 0 Å². The van der Waals surface area contributed by atoms with Crippen molar-refractivity contribution in [3.05, 3.63) is 0 Å². The Bertz CT molecular complexity index is 403. The van der Waals surface area contributed by atoms with Gasteiger partial charge in [0, 0.05) is 17.7 Å². The van der Waals surface area contributed by atoms with Crippen molar-refractivity contribution in [1.82, 2.24) is 10.6 Å². The Kier molecular flexibility index (Phi) is 7.30. The van der Waals surface area contributed by atoms with Crippen molar-refractivity contribution in [3.8, 4) is 6.07 Å². The number of aliphatic carboxylic acids is 1. The smallest absolute Gasteiger partial charge is 0.327 e. The van der Waals surface area contributed by atoms with E-state index in [1.54, 1.807) is 6.07 Å². The molecular formula is C9H13N3O5S. The second kappa shape index (κ2) is 8.19. The lowest BCUT2D eigenvalue weighted by Crippen LogP contribution is -2.44. The topological polar surface area (TPSA) is 136 Å². The van der Waals surface area contributed by atoms with Crippen LogP contribution in [0.15, 0.2) is 0 Å². The quantitative estimate of drug-likeness (QED) is 0.458. The van der Waals surface area contributed by atoms with Gasteiger partial charge < -0.3 is 15.7 Å². The van der Waals surface area contributed by atoms with Crippen molar-refractivity contribution >= 4 is 28.6 Å². The molecule has 0 spiro atoms. The van der Waals surface area contributed by atoms with Crippen molar-refractivity contribution in [2.24, 2.45) is 0 Å². The van der Waals surface area contributed by atoms with Crippen LogP contribution in [-0.4, -0.2) is 51.2 Å². The van der Waals surface area contributed by atoms with Gasteiger partial charge in [0.2, 0.25) is 11.8 Å². The highest BCUT2D eigenvalue weighted by atomic mass is 32.2. The molecule has 0 saturated carbocycles. The van der Waals surface area contributed by atoms with Crippen LogP contribution >= 0.6 is 0 Å². The number of carboxylic acids is 1. The monoisotopic (exact) mass is 275 g/mol. The minimum absolute atomic E-state index is 0.204. The van der Waals surface area contributed by atoms with E-state index in [2.05, 4.69) is 10.6 Å². The van der Waals surface area contributed by atoms with Crippen LogP contribution in [0.3, 0.4) is 0 Å². The molecule has 2 amide bonds. The summed E-state index contributed by atoms with van der Waals surface area (Å²) in [5, 5.41) is 21.2. The molecule has 0 aromatic rings. The van der Waals surface area contributed by atoms with Crippen molar-refractivity contribution in [3.63, 3.8) is 0 Å². The lowest BCUT2D eigenvalue weighted by Gasteiger charge is -2.12. The van der Waals surface area contributed by atoms with Crippen LogP contribution in [0.25, 0.3) is 0 Å². The van der Waals surface area contributed by atoms with E-state index in [0.29, 0.717) is 0 Å². The molecule has 0 aromatic carbocycles. The van der Waals surface area contributed by atoms with Crippen LogP contribution in [-0.2, 0) is 25.2 Å². The summed E-state index contributed by atoms with van der Waals surface area (Å²) in [6.07, 6.45) is 0. The number of carboxylic acid groups (broad SMARTS) is 1. The molecule has 0 fully saturated rings. The number of nitrogens with one attached hydrogen (secondary N) is 2. The zero-order valence-corrected chi connectivity index (χ0v) is 10.5. The maximum atomic E-state index is 11.5. The molecule has 0 aliphatic rings. The predicted molar refractivity (Wildman–Crippen MR) is 61.7 cm³/mol. The van der Waals surface area contributed by atoms with Gasteiger partial charge >= 0.3 is 5.97 Å². The zero-order chi connectivity index (χ0) is 14.1. The van der Waals surface area contributed by atoms with Crippen LogP contribution < -0.4 is 10.6 Å². The van der Waals surface area contributed by atoms with Crippen molar-refractivity contribution in [2.45, 2.75) is 13.0 Å². The number of amides is 2. The third-order valence-electron chi connectivity index (χ3n) is 1.68. The van der Waals surface area contributed by atoms with E-state index in [-0.39, 0.29) is 12.3 Å². The highest BCUT2D eigenvalue weighted by Crippen LogP contribution is 1.92. The van der Waals surface area contributed by atoms with Crippen LogP contribution in [0.1, 0.15) is 6.92 Å². The summed E-state index contributed by atoms with van der Waals surface area (Å²) in [6, 6.07) is 0.376. The van der Waals surface area contributed by atoms with Gasteiger partial charge in [0.05, 0.1) is 11.8 Å². The number of rotatable bonds is 7. The van der Waals surface area contributed by atoms with Gasteiger partial charge in [-0.2, -0.15) is 5.26 Å². The van der Waals surface area contributed by atoms with Gasteiger partial charge in [0.1, 0.15) is 18.3 Å². The lowest BCUT2D eigenvalue weighted by molar-refractivity contribution is -0.140. The molecule has 0 radical (unpaired) electrons. The second-order valence-corrected chi connectivity index (χ2v) is 4.78. The maximum absolute atomic E-state index is 11.5. The minimum Gasteiger partial charge on any atom is -0.480 e. The Labute approximate surface area is 106 Å². The number of hydrogen-bond acceptors (Lipinski definition) is 5. The molecule has 0 aliphatic carbocycles. The fraction of sp³-hybridized carbons (Fsp3) is 0.556. The highest BCUT2D eigenvalue weighted by Gasteiger charge is 2.22. The van der Waals surface area contributed by atoms with E-state index in [0.717, 1.165) is 6.92 Å². The Balaban J connectivity index is 4.26. The Hall–Kier alpha value is -1.95. The molecule has 0 aromatic heterocycles. The first-order chi connectivity index (χ1) is 8.36. The van der Waals surface area contributed by atoms with E-state index in [1.807, 2.05) is 0 Å². The Morgan fingerprint density at radius 2 is 2.06 bits per heavy atom. The summed E-state index contributed by atoms with van der Waals surface area (Å²) in [7, 11) is -1.74.